The van der Waals surface area contributed by atoms with Gasteiger partial charge < -0.3 is 0 Å². The van der Waals surface area contributed by atoms with Crippen molar-refractivity contribution in [1.29, 1.82) is 0 Å². The third-order valence-electron chi connectivity index (χ3n) is 2.06. The second-order valence-electron chi connectivity index (χ2n) is 3.25. The number of benzene rings is 2. The quantitative estimate of drug-likeness (QED) is 0.697. The van der Waals surface area contributed by atoms with Gasteiger partial charge in [-0.2, -0.15) is 0 Å². The Morgan fingerprint density at radius 3 is 2.13 bits per heavy atom. The Kier molecular flexibility index (Phi) is 3.75. The van der Waals surface area contributed by atoms with Crippen LogP contribution in [0.5, 0.6) is 0 Å². The molecule has 76 valence electrons. The first-order chi connectivity index (χ1) is 7.36. The lowest BCUT2D eigenvalue weighted by molar-refractivity contribution is 1.31. The molecule has 0 aromatic heterocycles. The fraction of sp³-hybridized carbons (Fsp3) is 0.0769. The van der Waals surface area contributed by atoms with Gasteiger partial charge in [0.25, 0.3) is 0 Å². The smallest absolute Gasteiger partial charge is 0.0215 e. The fourth-order valence-electron chi connectivity index (χ4n) is 1.22. The molecule has 0 unspecified atom stereocenters. The molecule has 0 fully saturated rings. The van der Waals surface area contributed by atoms with Crippen molar-refractivity contribution in [3.05, 3.63) is 60.2 Å². The number of rotatable bonds is 3. The zero-order chi connectivity index (χ0) is 10.5. The van der Waals surface area contributed by atoms with Crippen LogP contribution in [-0.4, -0.2) is 0 Å². The molecule has 0 heterocycles. The predicted octanol–water partition coefficient (Wildman–Crippen LogP) is 4.79. The first-order valence-electron chi connectivity index (χ1n) is 4.81. The standard InChI is InChI=1S/C13H12S2/c1-11-7-5-6-10-13(11)15-14-12-8-3-2-4-9-12/h2-10H,1H3. The van der Waals surface area contributed by atoms with Crippen LogP contribution in [-0.2, 0) is 0 Å². The normalized spacial score (nSPS) is 10.2. The second-order valence-corrected chi connectivity index (χ2v) is 5.49. The van der Waals surface area contributed by atoms with Crippen molar-refractivity contribution in [2.45, 2.75) is 16.7 Å². The minimum atomic E-state index is 1.30. The van der Waals surface area contributed by atoms with Crippen molar-refractivity contribution in [1.82, 2.24) is 0 Å². The third kappa shape index (κ3) is 3.05. The van der Waals surface area contributed by atoms with Crippen LogP contribution in [0.15, 0.2) is 64.4 Å². The van der Waals surface area contributed by atoms with Crippen molar-refractivity contribution in [2.24, 2.45) is 0 Å². The summed E-state index contributed by atoms with van der Waals surface area (Å²) in [6.45, 7) is 2.15. The van der Waals surface area contributed by atoms with Gasteiger partial charge in [0.15, 0.2) is 0 Å². The van der Waals surface area contributed by atoms with E-state index in [1.165, 1.54) is 15.4 Å². The Bertz CT molecular complexity index is 424. The van der Waals surface area contributed by atoms with Crippen LogP contribution < -0.4 is 0 Å². The lowest BCUT2D eigenvalue weighted by Crippen LogP contribution is -1.75. The summed E-state index contributed by atoms with van der Waals surface area (Å²) in [6, 6.07) is 18.9. The molecule has 0 spiro atoms. The molecule has 0 atom stereocenters. The van der Waals surface area contributed by atoms with E-state index in [4.69, 9.17) is 0 Å². The number of hydrogen-bond donors (Lipinski definition) is 0. The number of hydrogen-bond acceptors (Lipinski definition) is 2. The molecule has 0 saturated heterocycles. The van der Waals surface area contributed by atoms with E-state index >= 15 is 0 Å². The molecule has 0 aliphatic rings. The van der Waals surface area contributed by atoms with Gasteiger partial charge in [0, 0.05) is 9.79 Å². The van der Waals surface area contributed by atoms with Crippen molar-refractivity contribution >= 4 is 21.6 Å². The molecule has 0 aliphatic carbocycles. The Morgan fingerprint density at radius 1 is 0.733 bits per heavy atom. The Labute approximate surface area is 98.5 Å². The van der Waals surface area contributed by atoms with Gasteiger partial charge in [-0.1, -0.05) is 58.0 Å². The van der Waals surface area contributed by atoms with Crippen LogP contribution in [0.25, 0.3) is 0 Å². The van der Waals surface area contributed by atoms with Crippen molar-refractivity contribution in [3.8, 4) is 0 Å². The van der Waals surface area contributed by atoms with E-state index in [0.717, 1.165) is 0 Å². The highest BCUT2D eigenvalue weighted by molar-refractivity contribution is 8.76. The van der Waals surface area contributed by atoms with E-state index in [1.54, 1.807) is 10.8 Å². The van der Waals surface area contributed by atoms with Crippen LogP contribution in [0, 0.1) is 6.92 Å². The van der Waals surface area contributed by atoms with Crippen molar-refractivity contribution < 1.29 is 0 Å². The molecule has 0 bridgehead atoms. The second kappa shape index (κ2) is 5.29. The van der Waals surface area contributed by atoms with Crippen LogP contribution in [0.1, 0.15) is 5.56 Å². The highest BCUT2D eigenvalue weighted by Crippen LogP contribution is 2.38. The summed E-state index contributed by atoms with van der Waals surface area (Å²) in [5.41, 5.74) is 1.34. The van der Waals surface area contributed by atoms with Gasteiger partial charge in [-0.15, -0.1) is 0 Å². The van der Waals surface area contributed by atoms with Gasteiger partial charge in [0.2, 0.25) is 0 Å². The predicted molar refractivity (Wildman–Crippen MR) is 69.3 cm³/mol. The van der Waals surface area contributed by atoms with Gasteiger partial charge in [-0.25, -0.2) is 0 Å². The van der Waals surface area contributed by atoms with Gasteiger partial charge in [-0.05, 0) is 30.7 Å². The highest BCUT2D eigenvalue weighted by atomic mass is 33.1. The summed E-state index contributed by atoms with van der Waals surface area (Å²) < 4.78 is 0. The van der Waals surface area contributed by atoms with E-state index in [9.17, 15) is 0 Å². The SMILES string of the molecule is Cc1ccccc1SSc1ccccc1. The van der Waals surface area contributed by atoms with Crippen molar-refractivity contribution in [2.75, 3.05) is 0 Å². The molecule has 0 nitrogen and oxygen atoms in total. The fourth-order valence-corrected chi connectivity index (χ4v) is 3.46. The van der Waals surface area contributed by atoms with E-state index in [2.05, 4.69) is 55.5 Å². The molecule has 0 N–H and O–H groups in total. The first kappa shape index (κ1) is 10.7. The molecule has 15 heavy (non-hydrogen) atoms. The topological polar surface area (TPSA) is 0 Å². The molecule has 2 rings (SSSR count). The van der Waals surface area contributed by atoms with Crippen LogP contribution in [0.4, 0.5) is 0 Å². The first-order valence-corrected chi connectivity index (χ1v) is 6.96. The van der Waals surface area contributed by atoms with E-state index in [1.807, 2.05) is 16.9 Å². The van der Waals surface area contributed by atoms with E-state index in [0.29, 0.717) is 0 Å². The van der Waals surface area contributed by atoms with E-state index in [-0.39, 0.29) is 0 Å². The van der Waals surface area contributed by atoms with Crippen molar-refractivity contribution in [3.63, 3.8) is 0 Å². The Morgan fingerprint density at radius 2 is 1.40 bits per heavy atom. The summed E-state index contributed by atoms with van der Waals surface area (Å²) in [7, 11) is 3.62. The van der Waals surface area contributed by atoms with Gasteiger partial charge in [-0.3, -0.25) is 0 Å². The maximum atomic E-state index is 2.16. The summed E-state index contributed by atoms with van der Waals surface area (Å²) in [5, 5.41) is 0. The van der Waals surface area contributed by atoms with Crippen LogP contribution in [0.2, 0.25) is 0 Å². The lowest BCUT2D eigenvalue weighted by Gasteiger charge is -2.03. The molecule has 0 radical (unpaired) electrons. The Balaban J connectivity index is 2.03. The molecular weight excluding hydrogens is 220 g/mol. The monoisotopic (exact) mass is 232 g/mol. The molecule has 0 aliphatic heterocycles. The summed E-state index contributed by atoms with van der Waals surface area (Å²) in [5.74, 6) is 0. The van der Waals surface area contributed by atoms with E-state index < -0.39 is 0 Å². The molecule has 2 aromatic carbocycles. The zero-order valence-corrected chi connectivity index (χ0v) is 10.1. The molecule has 0 amide bonds. The molecule has 2 heteroatoms. The molecule has 0 saturated carbocycles. The zero-order valence-electron chi connectivity index (χ0n) is 8.51. The average molecular weight is 232 g/mol. The Hall–Kier alpha value is -0.860. The minimum absolute atomic E-state index is 1.30. The maximum absolute atomic E-state index is 2.16. The third-order valence-corrected chi connectivity index (χ3v) is 4.62. The summed E-state index contributed by atoms with van der Waals surface area (Å²) >= 11 is 0. The van der Waals surface area contributed by atoms with Gasteiger partial charge in [0.1, 0.15) is 0 Å². The highest BCUT2D eigenvalue weighted by Gasteiger charge is 1.99. The number of aryl methyl sites for hydroxylation is 1. The van der Waals surface area contributed by atoms with Gasteiger partial charge in [0.05, 0.1) is 0 Å². The summed E-state index contributed by atoms with van der Waals surface area (Å²) in [4.78, 5) is 2.64. The lowest BCUT2D eigenvalue weighted by atomic mass is 10.2. The summed E-state index contributed by atoms with van der Waals surface area (Å²) in [6.07, 6.45) is 0. The molecule has 2 aromatic rings. The average Bonchev–Trinajstić information content (AvgIpc) is 2.29. The van der Waals surface area contributed by atoms with Crippen LogP contribution in [0.3, 0.4) is 0 Å². The molecular formula is C13H12S2. The minimum Gasteiger partial charge on any atom is -0.0622 e. The largest absolute Gasteiger partial charge is 0.0622 e. The maximum Gasteiger partial charge on any atom is 0.0215 e. The van der Waals surface area contributed by atoms with Gasteiger partial charge >= 0.3 is 0 Å². The van der Waals surface area contributed by atoms with Crippen LogP contribution >= 0.6 is 21.6 Å².